The average molecular weight is 287 g/mol. The van der Waals surface area contributed by atoms with Gasteiger partial charge in [-0.3, -0.25) is 4.79 Å². The van der Waals surface area contributed by atoms with Gasteiger partial charge in [-0.25, -0.2) is 13.2 Å². The minimum atomic E-state index is -1.49. The van der Waals surface area contributed by atoms with Crippen molar-refractivity contribution in [1.29, 1.82) is 0 Å². The molecule has 0 aromatic heterocycles. The van der Waals surface area contributed by atoms with Crippen molar-refractivity contribution in [3.8, 4) is 0 Å². The Morgan fingerprint density at radius 1 is 1.15 bits per heavy atom. The van der Waals surface area contributed by atoms with Crippen LogP contribution in [0.5, 0.6) is 0 Å². The molecule has 0 heterocycles. The van der Waals surface area contributed by atoms with Crippen LogP contribution >= 0.6 is 0 Å². The highest BCUT2D eigenvalue weighted by molar-refractivity contribution is 5.82. The van der Waals surface area contributed by atoms with E-state index >= 15 is 0 Å². The lowest BCUT2D eigenvalue weighted by molar-refractivity contribution is -0.140. The van der Waals surface area contributed by atoms with E-state index in [1.165, 1.54) is 4.90 Å². The van der Waals surface area contributed by atoms with Crippen LogP contribution in [0.4, 0.5) is 13.2 Å². The third-order valence-corrected chi connectivity index (χ3v) is 3.89. The number of carbonyl (C=O) groups excluding carboxylic acids is 1. The van der Waals surface area contributed by atoms with E-state index in [0.717, 1.165) is 12.1 Å². The largest absolute Gasteiger partial charge is 0.341 e. The molecule has 0 radical (unpaired) electrons. The van der Waals surface area contributed by atoms with Crippen LogP contribution in [-0.4, -0.2) is 17.9 Å². The molecular formula is C15H20F3NO. The average Bonchev–Trinajstić information content (AvgIpc) is 2.42. The summed E-state index contributed by atoms with van der Waals surface area (Å²) in [6, 6.07) is 1.83. The van der Waals surface area contributed by atoms with Gasteiger partial charge in [-0.05, 0) is 30.5 Å². The number of benzene rings is 1. The molecule has 1 amide bonds. The SMILES string of the molecule is CCC(C)(CC)C(=O)N(C)Cc1cc(F)c(F)c(F)c1. The zero-order chi connectivity index (χ0) is 15.5. The van der Waals surface area contributed by atoms with Gasteiger partial charge in [-0.1, -0.05) is 20.8 Å². The Morgan fingerprint density at radius 3 is 2.00 bits per heavy atom. The highest BCUT2D eigenvalue weighted by Gasteiger charge is 2.31. The van der Waals surface area contributed by atoms with Gasteiger partial charge in [0.25, 0.3) is 0 Å². The first-order chi connectivity index (χ1) is 9.25. The summed E-state index contributed by atoms with van der Waals surface area (Å²) in [5, 5.41) is 0. The van der Waals surface area contributed by atoms with Crippen LogP contribution in [0.15, 0.2) is 12.1 Å². The molecule has 0 bridgehead atoms. The second-order valence-electron chi connectivity index (χ2n) is 5.30. The van der Waals surface area contributed by atoms with Crippen molar-refractivity contribution in [2.75, 3.05) is 7.05 Å². The second-order valence-corrected chi connectivity index (χ2v) is 5.30. The van der Waals surface area contributed by atoms with Gasteiger partial charge in [0.1, 0.15) is 0 Å². The molecule has 0 unspecified atom stereocenters. The van der Waals surface area contributed by atoms with E-state index in [0.29, 0.717) is 12.8 Å². The van der Waals surface area contributed by atoms with E-state index in [1.54, 1.807) is 7.05 Å². The van der Waals surface area contributed by atoms with E-state index in [9.17, 15) is 18.0 Å². The Morgan fingerprint density at radius 2 is 1.60 bits per heavy atom. The topological polar surface area (TPSA) is 20.3 Å². The summed E-state index contributed by atoms with van der Waals surface area (Å²) in [6.07, 6.45) is 1.36. The van der Waals surface area contributed by atoms with E-state index in [4.69, 9.17) is 0 Å². The number of hydrogen-bond acceptors (Lipinski definition) is 1. The molecule has 0 saturated heterocycles. The second kappa shape index (κ2) is 6.29. The standard InChI is InChI=1S/C15H20F3NO/c1-5-15(3,6-2)14(20)19(4)9-10-7-11(16)13(18)12(17)8-10/h7-8H,5-6,9H2,1-4H3. The normalized spacial score (nSPS) is 11.6. The van der Waals surface area contributed by atoms with Crippen LogP contribution in [0, 0.1) is 22.9 Å². The van der Waals surface area contributed by atoms with E-state index in [1.807, 2.05) is 20.8 Å². The fourth-order valence-corrected chi connectivity index (χ4v) is 2.06. The molecule has 0 spiro atoms. The number of rotatable bonds is 5. The molecule has 0 atom stereocenters. The molecule has 5 heteroatoms. The first-order valence-corrected chi connectivity index (χ1v) is 6.64. The number of hydrogen-bond donors (Lipinski definition) is 0. The van der Waals surface area contributed by atoms with Crippen LogP contribution in [0.3, 0.4) is 0 Å². The Bertz CT molecular complexity index is 475. The lowest BCUT2D eigenvalue weighted by Gasteiger charge is -2.31. The van der Waals surface area contributed by atoms with Crippen molar-refractivity contribution < 1.29 is 18.0 Å². The third-order valence-electron chi connectivity index (χ3n) is 3.89. The lowest BCUT2D eigenvalue weighted by Crippen LogP contribution is -2.39. The zero-order valence-electron chi connectivity index (χ0n) is 12.3. The lowest BCUT2D eigenvalue weighted by atomic mass is 9.83. The number of halogens is 3. The minimum absolute atomic E-state index is 0.0442. The fourth-order valence-electron chi connectivity index (χ4n) is 2.06. The van der Waals surface area contributed by atoms with Gasteiger partial charge in [0.15, 0.2) is 17.5 Å². The van der Waals surface area contributed by atoms with Gasteiger partial charge in [-0.2, -0.15) is 0 Å². The van der Waals surface area contributed by atoms with Gasteiger partial charge >= 0.3 is 0 Å². The molecule has 1 rings (SSSR count). The molecule has 0 aliphatic rings. The molecule has 2 nitrogen and oxygen atoms in total. The molecule has 0 aliphatic heterocycles. The predicted molar refractivity (Wildman–Crippen MR) is 71.5 cm³/mol. The van der Waals surface area contributed by atoms with Gasteiger partial charge in [-0.15, -0.1) is 0 Å². The quantitative estimate of drug-likeness (QED) is 0.752. The Balaban J connectivity index is 2.91. The summed E-state index contributed by atoms with van der Waals surface area (Å²) in [7, 11) is 1.57. The smallest absolute Gasteiger partial charge is 0.228 e. The van der Waals surface area contributed by atoms with Crippen molar-refractivity contribution in [1.82, 2.24) is 4.90 Å². The third kappa shape index (κ3) is 3.32. The summed E-state index contributed by atoms with van der Waals surface area (Å²) in [5.41, 5.74) is -0.266. The Hall–Kier alpha value is -1.52. The molecule has 0 saturated carbocycles. The minimum Gasteiger partial charge on any atom is -0.341 e. The summed E-state index contributed by atoms with van der Waals surface area (Å²) in [4.78, 5) is 13.7. The molecule has 0 N–H and O–H groups in total. The van der Waals surface area contributed by atoms with Crippen LogP contribution in [0.25, 0.3) is 0 Å². The Labute approximate surface area is 117 Å². The molecule has 20 heavy (non-hydrogen) atoms. The monoisotopic (exact) mass is 287 g/mol. The summed E-state index contributed by atoms with van der Waals surface area (Å²) < 4.78 is 39.2. The maximum absolute atomic E-state index is 13.1. The predicted octanol–water partition coefficient (Wildman–Crippen LogP) is 3.89. The molecule has 1 aromatic rings. The van der Waals surface area contributed by atoms with Gasteiger partial charge in [0, 0.05) is 19.0 Å². The fraction of sp³-hybridized carbons (Fsp3) is 0.533. The van der Waals surface area contributed by atoms with Crippen molar-refractivity contribution in [2.45, 2.75) is 40.2 Å². The Kier molecular flexibility index (Phi) is 5.20. The van der Waals surface area contributed by atoms with E-state index in [2.05, 4.69) is 0 Å². The van der Waals surface area contributed by atoms with Crippen molar-refractivity contribution in [3.63, 3.8) is 0 Å². The summed E-state index contributed by atoms with van der Waals surface area (Å²) in [6.45, 7) is 5.75. The van der Waals surface area contributed by atoms with Crippen LogP contribution < -0.4 is 0 Å². The van der Waals surface area contributed by atoms with E-state index in [-0.39, 0.29) is 18.0 Å². The summed E-state index contributed by atoms with van der Waals surface area (Å²) in [5.74, 6) is -4.06. The van der Waals surface area contributed by atoms with Crippen LogP contribution in [-0.2, 0) is 11.3 Å². The molecule has 0 fully saturated rings. The van der Waals surface area contributed by atoms with Crippen LogP contribution in [0.2, 0.25) is 0 Å². The van der Waals surface area contributed by atoms with E-state index < -0.39 is 22.9 Å². The number of nitrogens with zero attached hydrogens (tertiary/aromatic N) is 1. The maximum atomic E-state index is 13.1. The number of amides is 1. The first kappa shape index (κ1) is 16.5. The zero-order valence-corrected chi connectivity index (χ0v) is 12.3. The molecular weight excluding hydrogens is 267 g/mol. The first-order valence-electron chi connectivity index (χ1n) is 6.64. The van der Waals surface area contributed by atoms with Gasteiger partial charge in [0.2, 0.25) is 5.91 Å². The molecule has 112 valence electrons. The van der Waals surface area contributed by atoms with Gasteiger partial charge < -0.3 is 4.90 Å². The maximum Gasteiger partial charge on any atom is 0.228 e. The molecule has 1 aromatic carbocycles. The highest BCUT2D eigenvalue weighted by atomic mass is 19.2. The van der Waals surface area contributed by atoms with Crippen LogP contribution in [0.1, 0.15) is 39.2 Å². The summed E-state index contributed by atoms with van der Waals surface area (Å²) >= 11 is 0. The number of carbonyl (C=O) groups is 1. The van der Waals surface area contributed by atoms with Crippen molar-refractivity contribution >= 4 is 5.91 Å². The van der Waals surface area contributed by atoms with Crippen molar-refractivity contribution in [3.05, 3.63) is 35.1 Å². The van der Waals surface area contributed by atoms with Crippen molar-refractivity contribution in [2.24, 2.45) is 5.41 Å². The molecule has 0 aliphatic carbocycles. The highest BCUT2D eigenvalue weighted by Crippen LogP contribution is 2.28. The van der Waals surface area contributed by atoms with Gasteiger partial charge in [0.05, 0.1) is 0 Å².